The molecule has 0 aromatic carbocycles. The maximum absolute atomic E-state index is 9.56. The molecule has 0 aromatic rings. The van der Waals surface area contributed by atoms with E-state index in [9.17, 15) is 5.11 Å². The Morgan fingerprint density at radius 1 is 1.25 bits per heavy atom. The fourth-order valence-electron chi connectivity index (χ4n) is 2.44. The molecule has 1 aliphatic carbocycles. The van der Waals surface area contributed by atoms with Crippen molar-refractivity contribution in [2.24, 2.45) is 5.92 Å². The number of rotatable bonds is 7. The van der Waals surface area contributed by atoms with Crippen LogP contribution in [0.3, 0.4) is 0 Å². The first-order valence-electron chi connectivity index (χ1n) is 6.66. The molecule has 1 saturated carbocycles. The Hall–Kier alpha value is -0.120. The maximum Gasteiger partial charge on any atom is 0.0897 e. The number of hydrogen-bond donors (Lipinski definition) is 2. The second-order valence-corrected chi connectivity index (χ2v) is 5.45. The van der Waals surface area contributed by atoms with E-state index in [1.807, 2.05) is 0 Å². The van der Waals surface area contributed by atoms with Gasteiger partial charge < -0.3 is 10.2 Å². The molecule has 0 bridgehead atoms. The Labute approximate surface area is 99.5 Å². The molecular weight excluding hydrogens is 202 g/mol. The minimum absolute atomic E-state index is 0.120. The highest BCUT2D eigenvalue weighted by Gasteiger charge is 2.23. The van der Waals surface area contributed by atoms with Crippen LogP contribution >= 0.6 is 0 Å². The summed E-state index contributed by atoms with van der Waals surface area (Å²) in [6, 6.07) is 0.639. The molecule has 0 aromatic heterocycles. The Morgan fingerprint density at radius 3 is 2.38 bits per heavy atom. The zero-order valence-electron chi connectivity index (χ0n) is 10.7. The van der Waals surface area contributed by atoms with Gasteiger partial charge in [-0.05, 0) is 31.7 Å². The maximum atomic E-state index is 9.56. The molecule has 0 radical (unpaired) electrons. The predicted molar refractivity (Wildman–Crippen MR) is 66.4 cm³/mol. The summed E-state index contributed by atoms with van der Waals surface area (Å²) in [7, 11) is 0. The molecule has 0 aliphatic heterocycles. The standard InChI is InChI=1S/C13H27NO2/c1-11(2)7-8-14(9-13(16)10-15)12-5-3-4-6-12/h11-13,15-16H,3-10H2,1-2H3. The van der Waals surface area contributed by atoms with Crippen LogP contribution < -0.4 is 0 Å². The SMILES string of the molecule is CC(C)CCN(CC(O)CO)C1CCCC1. The van der Waals surface area contributed by atoms with Crippen molar-refractivity contribution < 1.29 is 10.2 Å². The van der Waals surface area contributed by atoms with Gasteiger partial charge in [0.15, 0.2) is 0 Å². The zero-order chi connectivity index (χ0) is 12.0. The van der Waals surface area contributed by atoms with Gasteiger partial charge in [0.05, 0.1) is 12.7 Å². The van der Waals surface area contributed by atoms with Crippen LogP contribution in [0.25, 0.3) is 0 Å². The van der Waals surface area contributed by atoms with Gasteiger partial charge in [-0.25, -0.2) is 0 Å². The minimum atomic E-state index is -0.576. The summed E-state index contributed by atoms with van der Waals surface area (Å²) in [5.74, 6) is 0.704. The van der Waals surface area contributed by atoms with Gasteiger partial charge in [-0.2, -0.15) is 0 Å². The minimum Gasteiger partial charge on any atom is -0.394 e. The van der Waals surface area contributed by atoms with Crippen molar-refractivity contribution in [3.8, 4) is 0 Å². The Kier molecular flexibility index (Phi) is 6.32. The quantitative estimate of drug-likeness (QED) is 0.697. The third-order valence-electron chi connectivity index (χ3n) is 3.49. The Morgan fingerprint density at radius 2 is 1.88 bits per heavy atom. The van der Waals surface area contributed by atoms with E-state index in [0.717, 1.165) is 6.54 Å². The second-order valence-electron chi connectivity index (χ2n) is 5.45. The summed E-state index contributed by atoms with van der Waals surface area (Å²) in [5.41, 5.74) is 0. The number of hydrogen-bond acceptors (Lipinski definition) is 3. The van der Waals surface area contributed by atoms with Crippen molar-refractivity contribution in [2.45, 2.75) is 58.1 Å². The molecule has 96 valence electrons. The summed E-state index contributed by atoms with van der Waals surface area (Å²) in [4.78, 5) is 2.38. The monoisotopic (exact) mass is 229 g/mol. The van der Waals surface area contributed by atoms with Crippen LogP contribution in [0.2, 0.25) is 0 Å². The number of aliphatic hydroxyl groups is 2. The van der Waals surface area contributed by atoms with Gasteiger partial charge in [-0.15, -0.1) is 0 Å². The summed E-state index contributed by atoms with van der Waals surface area (Å²) >= 11 is 0. The molecule has 1 atom stereocenters. The third kappa shape index (κ3) is 4.81. The first-order chi connectivity index (χ1) is 7.63. The van der Waals surface area contributed by atoms with E-state index in [0.29, 0.717) is 18.5 Å². The van der Waals surface area contributed by atoms with E-state index in [-0.39, 0.29) is 6.61 Å². The van der Waals surface area contributed by atoms with Gasteiger partial charge >= 0.3 is 0 Å². The smallest absolute Gasteiger partial charge is 0.0897 e. The average Bonchev–Trinajstić information content (AvgIpc) is 2.76. The first-order valence-corrected chi connectivity index (χ1v) is 6.66. The molecule has 0 amide bonds. The van der Waals surface area contributed by atoms with Gasteiger partial charge in [0.2, 0.25) is 0 Å². The summed E-state index contributed by atoms with van der Waals surface area (Å²) in [6.07, 6.45) is 5.75. The lowest BCUT2D eigenvalue weighted by molar-refractivity contribution is 0.0433. The van der Waals surface area contributed by atoms with Crippen LogP contribution in [0, 0.1) is 5.92 Å². The third-order valence-corrected chi connectivity index (χ3v) is 3.49. The molecule has 3 heteroatoms. The molecular formula is C13H27NO2. The van der Waals surface area contributed by atoms with E-state index in [4.69, 9.17) is 5.11 Å². The summed E-state index contributed by atoms with van der Waals surface area (Å²) in [6.45, 7) is 6.03. The lowest BCUT2D eigenvalue weighted by atomic mass is 10.1. The molecule has 1 fully saturated rings. The molecule has 1 rings (SSSR count). The topological polar surface area (TPSA) is 43.7 Å². The van der Waals surface area contributed by atoms with Gasteiger partial charge in [-0.3, -0.25) is 4.90 Å². The van der Waals surface area contributed by atoms with E-state index in [1.165, 1.54) is 32.1 Å². The lowest BCUT2D eigenvalue weighted by Gasteiger charge is -2.30. The molecule has 1 aliphatic rings. The molecule has 3 nitrogen and oxygen atoms in total. The fraction of sp³-hybridized carbons (Fsp3) is 1.00. The van der Waals surface area contributed by atoms with Crippen molar-refractivity contribution in [1.29, 1.82) is 0 Å². The number of nitrogens with zero attached hydrogens (tertiary/aromatic N) is 1. The number of aliphatic hydroxyl groups excluding tert-OH is 2. The van der Waals surface area contributed by atoms with Crippen LogP contribution in [0.4, 0.5) is 0 Å². The van der Waals surface area contributed by atoms with Crippen LogP contribution in [0.15, 0.2) is 0 Å². The lowest BCUT2D eigenvalue weighted by Crippen LogP contribution is -2.41. The van der Waals surface area contributed by atoms with Crippen LogP contribution in [-0.4, -0.2) is 47.0 Å². The Balaban J connectivity index is 2.40. The van der Waals surface area contributed by atoms with Crippen LogP contribution in [0.1, 0.15) is 46.0 Å². The highest BCUT2D eigenvalue weighted by Crippen LogP contribution is 2.24. The highest BCUT2D eigenvalue weighted by atomic mass is 16.3. The molecule has 1 unspecified atom stereocenters. The molecule has 2 N–H and O–H groups in total. The van der Waals surface area contributed by atoms with Crippen molar-refractivity contribution in [1.82, 2.24) is 4.90 Å². The molecule has 0 spiro atoms. The van der Waals surface area contributed by atoms with Gasteiger partial charge in [0.1, 0.15) is 0 Å². The first kappa shape index (κ1) is 13.9. The van der Waals surface area contributed by atoms with Crippen LogP contribution in [0.5, 0.6) is 0 Å². The average molecular weight is 229 g/mol. The van der Waals surface area contributed by atoms with E-state index in [1.54, 1.807) is 0 Å². The van der Waals surface area contributed by atoms with Crippen molar-refractivity contribution in [2.75, 3.05) is 19.7 Å². The second kappa shape index (κ2) is 7.25. The molecule has 0 heterocycles. The zero-order valence-corrected chi connectivity index (χ0v) is 10.7. The Bertz CT molecular complexity index is 179. The van der Waals surface area contributed by atoms with Gasteiger partial charge in [0, 0.05) is 12.6 Å². The largest absolute Gasteiger partial charge is 0.394 e. The predicted octanol–water partition coefficient (Wildman–Crippen LogP) is 1.63. The van der Waals surface area contributed by atoms with E-state index < -0.39 is 6.10 Å². The van der Waals surface area contributed by atoms with E-state index >= 15 is 0 Å². The molecule has 0 saturated heterocycles. The van der Waals surface area contributed by atoms with Crippen molar-refractivity contribution in [3.05, 3.63) is 0 Å². The highest BCUT2D eigenvalue weighted by molar-refractivity contribution is 4.79. The van der Waals surface area contributed by atoms with Gasteiger partial charge in [-0.1, -0.05) is 26.7 Å². The van der Waals surface area contributed by atoms with Crippen molar-refractivity contribution in [3.63, 3.8) is 0 Å². The summed E-state index contributed by atoms with van der Waals surface area (Å²) < 4.78 is 0. The van der Waals surface area contributed by atoms with E-state index in [2.05, 4.69) is 18.7 Å². The fourth-order valence-corrected chi connectivity index (χ4v) is 2.44. The van der Waals surface area contributed by atoms with Crippen molar-refractivity contribution >= 4 is 0 Å². The molecule has 16 heavy (non-hydrogen) atoms. The van der Waals surface area contributed by atoms with Crippen LogP contribution in [-0.2, 0) is 0 Å². The summed E-state index contributed by atoms with van der Waals surface area (Å²) in [5, 5.41) is 18.5. The normalized spacial score (nSPS) is 19.9. The van der Waals surface area contributed by atoms with Gasteiger partial charge in [0.25, 0.3) is 0 Å².